The summed E-state index contributed by atoms with van der Waals surface area (Å²) in [6, 6.07) is 4.09. The third-order valence-electron chi connectivity index (χ3n) is 7.07. The van der Waals surface area contributed by atoms with Gasteiger partial charge in [0.25, 0.3) is 17.4 Å². The fourth-order valence-electron chi connectivity index (χ4n) is 4.98. The lowest BCUT2D eigenvalue weighted by Crippen LogP contribution is -2.57. The molecule has 0 unspecified atom stereocenters. The van der Waals surface area contributed by atoms with Gasteiger partial charge in [0.2, 0.25) is 5.78 Å². The van der Waals surface area contributed by atoms with E-state index >= 15 is 0 Å². The molecular formula is C27H33FN4O4. The lowest BCUT2D eigenvalue weighted by atomic mass is 9.89. The van der Waals surface area contributed by atoms with Crippen LogP contribution >= 0.6 is 0 Å². The molecule has 0 bridgehead atoms. The van der Waals surface area contributed by atoms with Crippen molar-refractivity contribution in [1.82, 2.24) is 20.0 Å². The summed E-state index contributed by atoms with van der Waals surface area (Å²) in [5.41, 5.74) is 2.23. The first-order valence-corrected chi connectivity index (χ1v) is 12.5. The van der Waals surface area contributed by atoms with Gasteiger partial charge < -0.3 is 9.80 Å². The van der Waals surface area contributed by atoms with Gasteiger partial charge in [-0.3, -0.25) is 19.2 Å². The zero-order valence-electron chi connectivity index (χ0n) is 21.3. The number of ketones is 1. The predicted molar refractivity (Wildman–Crippen MR) is 132 cm³/mol. The molecule has 2 aromatic rings. The van der Waals surface area contributed by atoms with Gasteiger partial charge in [-0.1, -0.05) is 26.8 Å². The van der Waals surface area contributed by atoms with Crippen molar-refractivity contribution < 1.29 is 18.8 Å². The van der Waals surface area contributed by atoms with E-state index in [0.29, 0.717) is 6.42 Å². The number of piperazine rings is 1. The molecule has 1 saturated heterocycles. The number of benzene rings is 1. The Bertz CT molecular complexity index is 1260. The number of halogens is 1. The van der Waals surface area contributed by atoms with Gasteiger partial charge in [-0.15, -0.1) is 0 Å². The monoisotopic (exact) mass is 496 g/mol. The van der Waals surface area contributed by atoms with Crippen LogP contribution in [0, 0.1) is 11.2 Å². The molecule has 192 valence electrons. The fourth-order valence-corrected chi connectivity index (χ4v) is 4.98. The number of nitrogens with one attached hydrogen (secondary N) is 1. The topological polar surface area (TPSA) is 103 Å². The van der Waals surface area contributed by atoms with Crippen LogP contribution in [0.4, 0.5) is 4.39 Å². The van der Waals surface area contributed by atoms with E-state index < -0.39 is 28.8 Å². The van der Waals surface area contributed by atoms with Crippen LogP contribution in [0.25, 0.3) is 0 Å². The molecule has 1 fully saturated rings. The molecule has 2 amide bonds. The standard InChI is InChI=1S/C27H33FN4O4/c1-16-15-31(11-12-32(16)26(36)23(33)27(2,3)4)25(35)20-13-17(9-10-21(20)28)14-22-18-7-5-6-8-19(18)24(34)30-29-22/h9-10,13,16H,5-8,11-12,14-15H2,1-4H3,(H,30,34)/t16-/m1/s1. The van der Waals surface area contributed by atoms with Gasteiger partial charge in [0.05, 0.1) is 11.3 Å². The van der Waals surface area contributed by atoms with E-state index in [9.17, 15) is 23.6 Å². The first-order chi connectivity index (χ1) is 17.0. The van der Waals surface area contributed by atoms with Gasteiger partial charge in [0.15, 0.2) is 0 Å². The third-order valence-corrected chi connectivity index (χ3v) is 7.07. The van der Waals surface area contributed by atoms with Crippen LogP contribution in [0.15, 0.2) is 23.0 Å². The number of aromatic nitrogens is 2. The van der Waals surface area contributed by atoms with E-state index in [-0.39, 0.29) is 36.8 Å². The summed E-state index contributed by atoms with van der Waals surface area (Å²) < 4.78 is 14.8. The van der Waals surface area contributed by atoms with E-state index in [4.69, 9.17) is 0 Å². The number of hydrogen-bond donors (Lipinski definition) is 1. The number of Topliss-reactive ketones (excluding diaryl/α,β-unsaturated/α-hetero) is 1. The lowest BCUT2D eigenvalue weighted by molar-refractivity contribution is -0.151. The number of aromatic amines is 1. The highest BCUT2D eigenvalue weighted by atomic mass is 19.1. The van der Waals surface area contributed by atoms with E-state index in [1.54, 1.807) is 39.8 Å². The Hall–Kier alpha value is -3.36. The predicted octanol–water partition coefficient (Wildman–Crippen LogP) is 2.67. The minimum Gasteiger partial charge on any atom is -0.335 e. The second-order valence-electron chi connectivity index (χ2n) is 10.8. The molecule has 9 heteroatoms. The largest absolute Gasteiger partial charge is 0.335 e. The Morgan fingerprint density at radius 1 is 1.11 bits per heavy atom. The van der Waals surface area contributed by atoms with Crippen molar-refractivity contribution in [2.75, 3.05) is 19.6 Å². The molecule has 1 aromatic carbocycles. The maximum absolute atomic E-state index is 14.8. The van der Waals surface area contributed by atoms with Gasteiger partial charge in [-0.05, 0) is 55.9 Å². The summed E-state index contributed by atoms with van der Waals surface area (Å²) in [5, 5.41) is 6.82. The third kappa shape index (κ3) is 5.10. The Labute approximate surface area is 209 Å². The molecule has 0 radical (unpaired) electrons. The average molecular weight is 497 g/mol. The van der Waals surface area contributed by atoms with Crippen LogP contribution in [0.2, 0.25) is 0 Å². The first-order valence-electron chi connectivity index (χ1n) is 12.5. The van der Waals surface area contributed by atoms with Gasteiger partial charge in [-0.25, -0.2) is 9.49 Å². The van der Waals surface area contributed by atoms with Gasteiger partial charge in [-0.2, -0.15) is 5.10 Å². The normalized spacial score (nSPS) is 18.1. The van der Waals surface area contributed by atoms with Crippen LogP contribution in [-0.4, -0.2) is 63.3 Å². The minimum atomic E-state index is -0.785. The second kappa shape index (κ2) is 9.95. The van der Waals surface area contributed by atoms with Crippen molar-refractivity contribution in [1.29, 1.82) is 0 Å². The van der Waals surface area contributed by atoms with Gasteiger partial charge in [0, 0.05) is 43.1 Å². The number of H-pyrrole nitrogens is 1. The van der Waals surface area contributed by atoms with Crippen molar-refractivity contribution in [3.8, 4) is 0 Å². The van der Waals surface area contributed by atoms with Crippen LogP contribution in [0.5, 0.6) is 0 Å². The number of hydrogen-bond acceptors (Lipinski definition) is 5. The van der Waals surface area contributed by atoms with Crippen molar-refractivity contribution in [3.05, 3.63) is 62.3 Å². The number of carbonyl (C=O) groups excluding carboxylic acids is 3. The molecular weight excluding hydrogens is 463 g/mol. The number of nitrogens with zero attached hydrogens (tertiary/aromatic N) is 3. The average Bonchev–Trinajstić information content (AvgIpc) is 2.85. The van der Waals surface area contributed by atoms with E-state index in [1.807, 2.05) is 0 Å². The highest BCUT2D eigenvalue weighted by Gasteiger charge is 2.37. The summed E-state index contributed by atoms with van der Waals surface area (Å²) in [7, 11) is 0. The first kappa shape index (κ1) is 25.7. The maximum atomic E-state index is 14.8. The molecule has 0 spiro atoms. The molecule has 8 nitrogen and oxygen atoms in total. The molecule has 1 aromatic heterocycles. The molecule has 0 saturated carbocycles. The van der Waals surface area contributed by atoms with Crippen LogP contribution < -0.4 is 5.56 Å². The number of rotatable bonds is 4. The van der Waals surface area contributed by atoms with E-state index in [1.165, 1.54) is 15.9 Å². The van der Waals surface area contributed by atoms with E-state index in [2.05, 4.69) is 10.2 Å². The Morgan fingerprint density at radius 2 is 1.81 bits per heavy atom. The molecule has 36 heavy (non-hydrogen) atoms. The SMILES string of the molecule is C[C@@H]1CN(C(=O)c2cc(Cc3n[nH]c(=O)c4c3CCCC4)ccc2F)CCN1C(=O)C(=O)C(C)(C)C. The molecule has 1 aliphatic carbocycles. The van der Waals surface area contributed by atoms with Crippen LogP contribution in [0.1, 0.15) is 73.3 Å². The molecule has 1 aliphatic heterocycles. The molecule has 1 N–H and O–H groups in total. The van der Waals surface area contributed by atoms with Crippen molar-refractivity contribution in [3.63, 3.8) is 0 Å². The van der Waals surface area contributed by atoms with Crippen molar-refractivity contribution >= 4 is 17.6 Å². The smallest absolute Gasteiger partial charge is 0.290 e. The molecule has 2 heterocycles. The lowest BCUT2D eigenvalue weighted by Gasteiger charge is -2.40. The maximum Gasteiger partial charge on any atom is 0.290 e. The quantitative estimate of drug-likeness (QED) is 0.656. The zero-order valence-corrected chi connectivity index (χ0v) is 21.3. The Balaban J connectivity index is 1.50. The summed E-state index contributed by atoms with van der Waals surface area (Å²) >= 11 is 0. The summed E-state index contributed by atoms with van der Waals surface area (Å²) in [6.45, 7) is 7.52. The van der Waals surface area contributed by atoms with Crippen molar-refractivity contribution in [2.24, 2.45) is 5.41 Å². The zero-order chi connectivity index (χ0) is 26.2. The van der Waals surface area contributed by atoms with E-state index in [0.717, 1.165) is 48.1 Å². The van der Waals surface area contributed by atoms with Crippen molar-refractivity contribution in [2.45, 2.75) is 65.8 Å². The van der Waals surface area contributed by atoms with Gasteiger partial charge in [0.1, 0.15) is 5.82 Å². The minimum absolute atomic E-state index is 0.0384. The summed E-state index contributed by atoms with van der Waals surface area (Å²) in [4.78, 5) is 53.6. The fraction of sp³-hybridized carbons (Fsp3) is 0.519. The highest BCUT2D eigenvalue weighted by Crippen LogP contribution is 2.24. The Morgan fingerprint density at radius 3 is 2.47 bits per heavy atom. The second-order valence-corrected chi connectivity index (χ2v) is 10.8. The number of carbonyl (C=O) groups is 3. The Kier molecular flexibility index (Phi) is 7.11. The highest BCUT2D eigenvalue weighted by molar-refractivity contribution is 6.37. The van der Waals surface area contributed by atoms with Crippen LogP contribution in [-0.2, 0) is 28.9 Å². The number of amides is 2. The molecule has 4 rings (SSSR count). The molecule has 1 atom stereocenters. The number of fused-ring (bicyclic) bond motifs is 1. The molecule has 2 aliphatic rings. The summed E-state index contributed by atoms with van der Waals surface area (Å²) in [5.74, 6) is -2.08. The summed E-state index contributed by atoms with van der Waals surface area (Å²) in [6.07, 6.45) is 3.85. The van der Waals surface area contributed by atoms with Crippen LogP contribution in [0.3, 0.4) is 0 Å². The van der Waals surface area contributed by atoms with Gasteiger partial charge >= 0.3 is 0 Å².